The Balaban J connectivity index is 2.05. The highest BCUT2D eigenvalue weighted by atomic mass is 19.1. The van der Waals surface area contributed by atoms with Gasteiger partial charge in [0.15, 0.2) is 0 Å². The first-order valence-corrected chi connectivity index (χ1v) is 5.68. The van der Waals surface area contributed by atoms with E-state index in [4.69, 9.17) is 0 Å². The summed E-state index contributed by atoms with van der Waals surface area (Å²) in [5.41, 5.74) is 0.797. The van der Waals surface area contributed by atoms with Crippen LogP contribution in [-0.2, 0) is 4.79 Å². The molecule has 0 spiro atoms. The first kappa shape index (κ1) is 11.1. The van der Waals surface area contributed by atoms with Crippen LogP contribution in [0.15, 0.2) is 24.3 Å². The minimum Gasteiger partial charge on any atom is -0.343 e. The minimum absolute atomic E-state index is 0.118. The Kier molecular flexibility index (Phi) is 3.22. The molecule has 1 aliphatic rings. The van der Waals surface area contributed by atoms with Crippen LogP contribution >= 0.6 is 0 Å². The van der Waals surface area contributed by atoms with E-state index in [1.54, 1.807) is 13.0 Å². The first-order valence-electron chi connectivity index (χ1n) is 5.68. The monoisotopic (exact) mass is 221 g/mol. The summed E-state index contributed by atoms with van der Waals surface area (Å²) >= 11 is 0. The maximum atomic E-state index is 13.5. The average Bonchev–Trinajstić information content (AvgIpc) is 2.30. The van der Waals surface area contributed by atoms with Gasteiger partial charge in [0.25, 0.3) is 0 Å². The van der Waals surface area contributed by atoms with Crippen LogP contribution in [0.3, 0.4) is 0 Å². The van der Waals surface area contributed by atoms with E-state index in [9.17, 15) is 9.18 Å². The number of rotatable bonds is 1. The van der Waals surface area contributed by atoms with Crippen LogP contribution in [0.1, 0.15) is 31.2 Å². The van der Waals surface area contributed by atoms with Gasteiger partial charge in [-0.25, -0.2) is 4.39 Å². The lowest BCUT2D eigenvalue weighted by Gasteiger charge is -2.31. The molecule has 16 heavy (non-hydrogen) atoms. The molecule has 0 radical (unpaired) electrons. The highest BCUT2D eigenvalue weighted by Gasteiger charge is 2.23. The third-order valence-electron chi connectivity index (χ3n) is 3.29. The molecule has 1 saturated heterocycles. The standard InChI is InChI=1S/C13H16FNO/c1-10(16)15-8-6-11(7-9-15)12-4-2-3-5-13(12)14/h2-5,11H,6-9H2,1H3. The fourth-order valence-electron chi connectivity index (χ4n) is 2.31. The number of hydrogen-bond donors (Lipinski definition) is 0. The summed E-state index contributed by atoms with van der Waals surface area (Å²) in [4.78, 5) is 13.0. The van der Waals surface area contributed by atoms with Crippen molar-refractivity contribution in [1.82, 2.24) is 4.90 Å². The molecule has 1 aromatic carbocycles. The second-order valence-corrected chi connectivity index (χ2v) is 4.30. The van der Waals surface area contributed by atoms with Crippen LogP contribution in [0.25, 0.3) is 0 Å². The number of carbonyl (C=O) groups is 1. The fourth-order valence-corrected chi connectivity index (χ4v) is 2.31. The normalized spacial score (nSPS) is 17.5. The highest BCUT2D eigenvalue weighted by molar-refractivity contribution is 5.73. The molecule has 0 atom stereocenters. The fraction of sp³-hybridized carbons (Fsp3) is 0.462. The summed E-state index contributed by atoms with van der Waals surface area (Å²) in [5.74, 6) is 0.257. The van der Waals surface area contributed by atoms with Gasteiger partial charge in [-0.1, -0.05) is 18.2 Å². The molecule has 1 heterocycles. The molecule has 0 unspecified atom stereocenters. The van der Waals surface area contributed by atoms with E-state index in [0.29, 0.717) is 0 Å². The average molecular weight is 221 g/mol. The number of carbonyl (C=O) groups excluding carboxylic acids is 1. The van der Waals surface area contributed by atoms with Crippen molar-refractivity contribution in [2.45, 2.75) is 25.7 Å². The summed E-state index contributed by atoms with van der Waals surface area (Å²) in [7, 11) is 0. The van der Waals surface area contributed by atoms with Crippen molar-refractivity contribution in [2.75, 3.05) is 13.1 Å². The Bertz CT molecular complexity index is 383. The van der Waals surface area contributed by atoms with Gasteiger partial charge in [-0.3, -0.25) is 4.79 Å². The first-order chi connectivity index (χ1) is 7.68. The van der Waals surface area contributed by atoms with Crippen LogP contribution in [0.4, 0.5) is 4.39 Å². The summed E-state index contributed by atoms with van der Waals surface area (Å²) in [6, 6.07) is 6.94. The van der Waals surface area contributed by atoms with Crippen LogP contribution in [-0.4, -0.2) is 23.9 Å². The van der Waals surface area contributed by atoms with Gasteiger partial charge < -0.3 is 4.90 Å². The minimum atomic E-state index is -0.122. The highest BCUT2D eigenvalue weighted by Crippen LogP contribution is 2.29. The number of likely N-dealkylation sites (tertiary alicyclic amines) is 1. The molecule has 2 nitrogen and oxygen atoms in total. The molecule has 1 amide bonds. The topological polar surface area (TPSA) is 20.3 Å². The van der Waals surface area contributed by atoms with E-state index in [-0.39, 0.29) is 17.6 Å². The Morgan fingerprint density at radius 3 is 2.50 bits per heavy atom. The third-order valence-corrected chi connectivity index (χ3v) is 3.29. The zero-order chi connectivity index (χ0) is 11.5. The molecule has 0 aliphatic carbocycles. The summed E-state index contributed by atoms with van der Waals surface area (Å²) in [6.07, 6.45) is 1.72. The van der Waals surface area contributed by atoms with Crippen LogP contribution in [0.5, 0.6) is 0 Å². The zero-order valence-electron chi connectivity index (χ0n) is 9.45. The smallest absolute Gasteiger partial charge is 0.219 e. The number of hydrogen-bond acceptors (Lipinski definition) is 1. The molecule has 0 N–H and O–H groups in total. The lowest BCUT2D eigenvalue weighted by atomic mass is 9.89. The van der Waals surface area contributed by atoms with E-state index in [0.717, 1.165) is 31.5 Å². The van der Waals surface area contributed by atoms with E-state index in [1.807, 2.05) is 17.0 Å². The molecule has 86 valence electrons. The molecule has 1 fully saturated rings. The Morgan fingerprint density at radius 2 is 1.94 bits per heavy atom. The molecule has 2 rings (SSSR count). The molecular formula is C13H16FNO. The van der Waals surface area contributed by atoms with Gasteiger partial charge in [0, 0.05) is 20.0 Å². The van der Waals surface area contributed by atoms with Crippen molar-refractivity contribution in [3.8, 4) is 0 Å². The predicted octanol–water partition coefficient (Wildman–Crippen LogP) is 2.55. The summed E-state index contributed by atoms with van der Waals surface area (Å²) in [6.45, 7) is 3.08. The maximum Gasteiger partial charge on any atom is 0.219 e. The lowest BCUT2D eigenvalue weighted by molar-refractivity contribution is -0.129. The predicted molar refractivity (Wildman–Crippen MR) is 60.6 cm³/mol. The van der Waals surface area contributed by atoms with Gasteiger partial charge in [0.05, 0.1) is 0 Å². The second-order valence-electron chi connectivity index (χ2n) is 4.30. The van der Waals surface area contributed by atoms with E-state index >= 15 is 0 Å². The maximum absolute atomic E-state index is 13.5. The largest absolute Gasteiger partial charge is 0.343 e. The number of amides is 1. The van der Waals surface area contributed by atoms with Gasteiger partial charge in [-0.2, -0.15) is 0 Å². The lowest BCUT2D eigenvalue weighted by Crippen LogP contribution is -2.36. The van der Waals surface area contributed by atoms with Crippen molar-refractivity contribution < 1.29 is 9.18 Å². The van der Waals surface area contributed by atoms with Crippen LogP contribution in [0.2, 0.25) is 0 Å². The van der Waals surface area contributed by atoms with E-state index in [2.05, 4.69) is 0 Å². The SMILES string of the molecule is CC(=O)N1CCC(c2ccccc2F)CC1. The van der Waals surface area contributed by atoms with Crippen molar-refractivity contribution in [1.29, 1.82) is 0 Å². The molecular weight excluding hydrogens is 205 g/mol. The summed E-state index contributed by atoms with van der Waals surface area (Å²) < 4.78 is 13.5. The summed E-state index contributed by atoms with van der Waals surface area (Å²) in [5, 5.41) is 0. The van der Waals surface area contributed by atoms with Gasteiger partial charge in [-0.05, 0) is 30.4 Å². The van der Waals surface area contributed by atoms with Gasteiger partial charge in [-0.15, -0.1) is 0 Å². The quantitative estimate of drug-likeness (QED) is 0.713. The Hall–Kier alpha value is -1.38. The second kappa shape index (κ2) is 4.64. The van der Waals surface area contributed by atoms with Crippen LogP contribution in [0, 0.1) is 5.82 Å². The third kappa shape index (κ3) is 2.23. The number of nitrogens with zero attached hydrogens (tertiary/aromatic N) is 1. The Morgan fingerprint density at radius 1 is 1.31 bits per heavy atom. The van der Waals surface area contributed by atoms with Gasteiger partial charge in [0.2, 0.25) is 5.91 Å². The van der Waals surface area contributed by atoms with E-state index in [1.165, 1.54) is 6.07 Å². The number of halogens is 1. The molecule has 1 aliphatic heterocycles. The van der Waals surface area contributed by atoms with Crippen molar-refractivity contribution in [2.24, 2.45) is 0 Å². The van der Waals surface area contributed by atoms with Crippen molar-refractivity contribution in [3.05, 3.63) is 35.6 Å². The molecule has 0 aromatic heterocycles. The Labute approximate surface area is 95.1 Å². The van der Waals surface area contributed by atoms with Gasteiger partial charge >= 0.3 is 0 Å². The number of benzene rings is 1. The van der Waals surface area contributed by atoms with Crippen LogP contribution < -0.4 is 0 Å². The van der Waals surface area contributed by atoms with E-state index < -0.39 is 0 Å². The molecule has 0 bridgehead atoms. The molecule has 3 heteroatoms. The number of piperidine rings is 1. The van der Waals surface area contributed by atoms with Gasteiger partial charge in [0.1, 0.15) is 5.82 Å². The van der Waals surface area contributed by atoms with Crippen molar-refractivity contribution in [3.63, 3.8) is 0 Å². The van der Waals surface area contributed by atoms with Crippen molar-refractivity contribution >= 4 is 5.91 Å². The molecule has 1 aromatic rings. The zero-order valence-corrected chi connectivity index (χ0v) is 9.45. The molecule has 0 saturated carbocycles.